The molecule has 0 aliphatic rings. The third-order valence-electron chi connectivity index (χ3n) is 7.05. The number of hydrogen-bond donors (Lipinski definition) is 0. The Morgan fingerprint density at radius 1 is 0.471 bits per heavy atom. The molecule has 0 unspecified atom stereocenters. The summed E-state index contributed by atoms with van der Waals surface area (Å²) in [5.41, 5.74) is 5.56. The second kappa shape index (κ2) is 9.17. The zero-order valence-corrected chi connectivity index (χ0v) is 21.6. The molecule has 170 valence electrons. The summed E-state index contributed by atoms with van der Waals surface area (Å²) in [6, 6.07) is 28.2. The first-order chi connectivity index (χ1) is 16.7. The fourth-order valence-electron chi connectivity index (χ4n) is 5.07. The molecule has 2 aromatic heterocycles. The SMILES string of the molecule is CCCCc1ccc2c(c1)sc1cc(-c3ccc4c(c3)sc3cc(CCCC)ccc34)ccc12. The summed E-state index contributed by atoms with van der Waals surface area (Å²) in [4.78, 5) is 0. The lowest BCUT2D eigenvalue weighted by Gasteiger charge is -2.03. The first kappa shape index (κ1) is 21.8. The maximum atomic E-state index is 2.41. The molecule has 6 rings (SSSR count). The van der Waals surface area contributed by atoms with E-state index in [1.807, 2.05) is 22.7 Å². The van der Waals surface area contributed by atoms with Crippen molar-refractivity contribution in [3.63, 3.8) is 0 Å². The third kappa shape index (κ3) is 3.93. The highest BCUT2D eigenvalue weighted by atomic mass is 32.1. The summed E-state index contributed by atoms with van der Waals surface area (Å²) in [5.74, 6) is 0. The van der Waals surface area contributed by atoms with Gasteiger partial charge in [0, 0.05) is 40.3 Å². The van der Waals surface area contributed by atoms with Crippen LogP contribution in [0.3, 0.4) is 0 Å². The zero-order chi connectivity index (χ0) is 23.1. The van der Waals surface area contributed by atoms with Gasteiger partial charge in [0.05, 0.1) is 0 Å². The van der Waals surface area contributed by atoms with Crippen molar-refractivity contribution < 1.29 is 0 Å². The fourth-order valence-corrected chi connectivity index (χ4v) is 7.49. The molecule has 0 saturated carbocycles. The van der Waals surface area contributed by atoms with Crippen molar-refractivity contribution in [3.05, 3.63) is 83.9 Å². The Labute approximate surface area is 209 Å². The Morgan fingerprint density at radius 2 is 0.853 bits per heavy atom. The smallest absolute Gasteiger partial charge is 0.0361 e. The molecule has 0 aliphatic carbocycles. The van der Waals surface area contributed by atoms with Crippen LogP contribution >= 0.6 is 22.7 Å². The summed E-state index contributed by atoms with van der Waals surface area (Å²) in [6.45, 7) is 4.53. The predicted molar refractivity (Wildman–Crippen MR) is 155 cm³/mol. The second-order valence-corrected chi connectivity index (χ2v) is 11.7. The quantitative estimate of drug-likeness (QED) is 0.214. The van der Waals surface area contributed by atoms with E-state index in [2.05, 4.69) is 86.6 Å². The molecule has 0 nitrogen and oxygen atoms in total. The van der Waals surface area contributed by atoms with E-state index in [0.717, 1.165) is 0 Å². The van der Waals surface area contributed by atoms with Crippen molar-refractivity contribution >= 4 is 63.0 Å². The van der Waals surface area contributed by atoms with E-state index >= 15 is 0 Å². The predicted octanol–water partition coefficient (Wildman–Crippen LogP) is 10.8. The summed E-state index contributed by atoms with van der Waals surface area (Å²) in [5, 5.41) is 5.55. The molecule has 34 heavy (non-hydrogen) atoms. The number of benzene rings is 4. The van der Waals surface area contributed by atoms with Crippen molar-refractivity contribution in [2.45, 2.75) is 52.4 Å². The van der Waals surface area contributed by atoms with Gasteiger partial charge in [-0.2, -0.15) is 0 Å². The molecule has 0 amide bonds. The number of thiophene rings is 2. The highest BCUT2D eigenvalue weighted by Crippen LogP contribution is 2.40. The minimum absolute atomic E-state index is 1.18. The molecule has 0 atom stereocenters. The fraction of sp³-hybridized carbons (Fsp3) is 0.250. The summed E-state index contributed by atoms with van der Waals surface area (Å²) in [6.07, 6.45) is 7.39. The minimum atomic E-state index is 1.18. The minimum Gasteiger partial charge on any atom is -0.135 e. The Kier molecular flexibility index (Phi) is 5.89. The lowest BCUT2D eigenvalue weighted by molar-refractivity contribution is 0.796. The van der Waals surface area contributed by atoms with E-state index in [0.29, 0.717) is 0 Å². The van der Waals surface area contributed by atoms with E-state index in [1.54, 1.807) is 0 Å². The number of unbranched alkanes of at least 4 members (excludes halogenated alkanes) is 2. The van der Waals surface area contributed by atoms with Gasteiger partial charge in [-0.25, -0.2) is 0 Å². The molecule has 2 heteroatoms. The van der Waals surface area contributed by atoms with Crippen LogP contribution in [0.2, 0.25) is 0 Å². The van der Waals surface area contributed by atoms with E-state index in [-0.39, 0.29) is 0 Å². The van der Waals surface area contributed by atoms with Crippen molar-refractivity contribution in [2.24, 2.45) is 0 Å². The lowest BCUT2D eigenvalue weighted by Crippen LogP contribution is -1.83. The zero-order valence-electron chi connectivity index (χ0n) is 20.0. The van der Waals surface area contributed by atoms with Gasteiger partial charge in [-0.3, -0.25) is 0 Å². The van der Waals surface area contributed by atoms with Crippen molar-refractivity contribution in [1.29, 1.82) is 0 Å². The largest absolute Gasteiger partial charge is 0.135 e. The van der Waals surface area contributed by atoms with Crippen LogP contribution in [-0.2, 0) is 12.8 Å². The van der Waals surface area contributed by atoms with Gasteiger partial charge in [0.25, 0.3) is 0 Å². The van der Waals surface area contributed by atoms with Gasteiger partial charge in [0.15, 0.2) is 0 Å². The summed E-state index contributed by atoms with van der Waals surface area (Å²) in [7, 11) is 0. The number of rotatable bonds is 7. The van der Waals surface area contributed by atoms with Gasteiger partial charge in [0.2, 0.25) is 0 Å². The Balaban J connectivity index is 1.38. The monoisotopic (exact) mass is 478 g/mol. The highest BCUT2D eigenvalue weighted by Gasteiger charge is 2.10. The average molecular weight is 479 g/mol. The normalized spacial score (nSPS) is 11.9. The van der Waals surface area contributed by atoms with Crippen LogP contribution in [0.25, 0.3) is 51.5 Å². The van der Waals surface area contributed by atoms with Crippen molar-refractivity contribution in [1.82, 2.24) is 0 Å². The number of aryl methyl sites for hydroxylation is 2. The molecular formula is C32H30S2. The first-order valence-corrected chi connectivity index (χ1v) is 14.3. The van der Waals surface area contributed by atoms with Crippen LogP contribution in [-0.4, -0.2) is 0 Å². The number of fused-ring (bicyclic) bond motifs is 6. The maximum Gasteiger partial charge on any atom is 0.0361 e. The van der Waals surface area contributed by atoms with Gasteiger partial charge >= 0.3 is 0 Å². The standard InChI is InChI=1S/C32H30S2/c1-3-5-7-21-9-13-25-27-15-11-23(19-31(27)33-29(25)17-21)24-12-16-28-26-14-10-22(8-6-4-2)18-30(26)34-32(28)20-24/h9-20H,3-8H2,1-2H3. The lowest BCUT2D eigenvalue weighted by atomic mass is 10.0. The topological polar surface area (TPSA) is 0 Å². The molecule has 4 aromatic carbocycles. The van der Waals surface area contributed by atoms with E-state index < -0.39 is 0 Å². The molecule has 0 radical (unpaired) electrons. The van der Waals surface area contributed by atoms with Gasteiger partial charge < -0.3 is 0 Å². The third-order valence-corrected chi connectivity index (χ3v) is 9.28. The average Bonchev–Trinajstić information content (AvgIpc) is 3.42. The van der Waals surface area contributed by atoms with Gasteiger partial charge in [-0.1, -0.05) is 75.2 Å². The van der Waals surface area contributed by atoms with Crippen LogP contribution < -0.4 is 0 Å². The van der Waals surface area contributed by atoms with Crippen LogP contribution in [0, 0.1) is 0 Å². The Morgan fingerprint density at radius 3 is 1.26 bits per heavy atom. The van der Waals surface area contributed by atoms with Gasteiger partial charge in [0.1, 0.15) is 0 Å². The molecule has 2 heterocycles. The van der Waals surface area contributed by atoms with Crippen molar-refractivity contribution in [2.75, 3.05) is 0 Å². The number of hydrogen-bond acceptors (Lipinski definition) is 2. The Bertz CT molecular complexity index is 1510. The van der Waals surface area contributed by atoms with E-state index in [9.17, 15) is 0 Å². The van der Waals surface area contributed by atoms with Crippen LogP contribution in [0.4, 0.5) is 0 Å². The highest BCUT2D eigenvalue weighted by molar-refractivity contribution is 7.26. The van der Waals surface area contributed by atoms with Gasteiger partial charge in [-0.05, 0) is 72.2 Å². The van der Waals surface area contributed by atoms with E-state index in [4.69, 9.17) is 0 Å². The molecule has 0 spiro atoms. The maximum absolute atomic E-state index is 2.41. The first-order valence-electron chi connectivity index (χ1n) is 12.6. The van der Waals surface area contributed by atoms with Crippen LogP contribution in [0.15, 0.2) is 72.8 Å². The second-order valence-electron chi connectivity index (χ2n) is 9.49. The molecular weight excluding hydrogens is 448 g/mol. The molecule has 0 bridgehead atoms. The van der Waals surface area contributed by atoms with Crippen molar-refractivity contribution in [3.8, 4) is 11.1 Å². The van der Waals surface area contributed by atoms with Crippen LogP contribution in [0.5, 0.6) is 0 Å². The summed E-state index contributed by atoms with van der Waals surface area (Å²) >= 11 is 3.87. The molecule has 0 fully saturated rings. The van der Waals surface area contributed by atoms with Crippen LogP contribution in [0.1, 0.15) is 50.7 Å². The molecule has 0 N–H and O–H groups in total. The molecule has 6 aromatic rings. The molecule has 0 saturated heterocycles. The molecule has 0 aliphatic heterocycles. The summed E-state index contributed by atoms with van der Waals surface area (Å²) < 4.78 is 5.61. The Hall–Kier alpha value is -2.68. The van der Waals surface area contributed by atoms with E-state index in [1.165, 1.54) is 101 Å². The van der Waals surface area contributed by atoms with Gasteiger partial charge in [-0.15, -0.1) is 22.7 Å².